The average Bonchev–Trinajstić information content (AvgIpc) is 2.78. The smallest absolute Gasteiger partial charge is 0.107 e. The molecule has 1 fully saturated rings. The molecular weight excluding hydrogens is 140 g/mol. The van der Waals surface area contributed by atoms with Crippen LogP contribution in [0.5, 0.6) is 0 Å². The average molecular weight is 152 g/mol. The van der Waals surface area contributed by atoms with Gasteiger partial charge in [-0.25, -0.2) is 0 Å². The van der Waals surface area contributed by atoms with Gasteiger partial charge >= 0.3 is 0 Å². The SMILES string of the molecule is COCCC1=CC2OC2C=C1. The summed E-state index contributed by atoms with van der Waals surface area (Å²) in [5, 5.41) is 0. The van der Waals surface area contributed by atoms with Crippen molar-refractivity contribution >= 4 is 0 Å². The predicted molar refractivity (Wildman–Crippen MR) is 42.4 cm³/mol. The molecule has 2 aliphatic rings. The van der Waals surface area contributed by atoms with E-state index >= 15 is 0 Å². The zero-order chi connectivity index (χ0) is 7.68. The first kappa shape index (κ1) is 7.07. The second-order valence-electron chi connectivity index (χ2n) is 2.91. The van der Waals surface area contributed by atoms with Crippen LogP contribution in [0.15, 0.2) is 23.8 Å². The number of fused-ring (bicyclic) bond motifs is 1. The van der Waals surface area contributed by atoms with E-state index in [0.29, 0.717) is 12.2 Å². The second-order valence-corrected chi connectivity index (χ2v) is 2.91. The zero-order valence-electron chi connectivity index (χ0n) is 6.62. The molecule has 60 valence electrons. The van der Waals surface area contributed by atoms with Gasteiger partial charge in [-0.1, -0.05) is 12.2 Å². The quantitative estimate of drug-likeness (QED) is 0.568. The van der Waals surface area contributed by atoms with Gasteiger partial charge in [0.05, 0.1) is 6.61 Å². The number of rotatable bonds is 3. The molecule has 2 heteroatoms. The van der Waals surface area contributed by atoms with Gasteiger partial charge in [-0.05, 0) is 18.1 Å². The third-order valence-electron chi connectivity index (χ3n) is 2.03. The van der Waals surface area contributed by atoms with Crippen LogP contribution >= 0.6 is 0 Å². The molecule has 0 spiro atoms. The third-order valence-corrected chi connectivity index (χ3v) is 2.03. The summed E-state index contributed by atoms with van der Waals surface area (Å²) < 4.78 is 10.3. The molecule has 0 radical (unpaired) electrons. The van der Waals surface area contributed by atoms with Crippen LogP contribution in [0, 0.1) is 0 Å². The molecule has 0 saturated carbocycles. The Morgan fingerprint density at radius 3 is 3.18 bits per heavy atom. The first-order valence-electron chi connectivity index (χ1n) is 3.93. The second kappa shape index (κ2) is 2.80. The van der Waals surface area contributed by atoms with E-state index in [-0.39, 0.29) is 0 Å². The molecule has 1 heterocycles. The molecule has 0 bridgehead atoms. The first-order chi connectivity index (χ1) is 5.40. The summed E-state index contributed by atoms with van der Waals surface area (Å²) in [5.74, 6) is 0. The fourth-order valence-electron chi connectivity index (χ4n) is 1.30. The first-order valence-corrected chi connectivity index (χ1v) is 3.93. The van der Waals surface area contributed by atoms with Crippen molar-refractivity contribution in [3.63, 3.8) is 0 Å². The van der Waals surface area contributed by atoms with Crippen molar-refractivity contribution in [2.75, 3.05) is 13.7 Å². The van der Waals surface area contributed by atoms with E-state index in [1.807, 2.05) is 0 Å². The van der Waals surface area contributed by atoms with Gasteiger partial charge in [0.15, 0.2) is 0 Å². The van der Waals surface area contributed by atoms with Gasteiger partial charge in [0.2, 0.25) is 0 Å². The molecule has 11 heavy (non-hydrogen) atoms. The Morgan fingerprint density at radius 1 is 1.55 bits per heavy atom. The van der Waals surface area contributed by atoms with E-state index in [2.05, 4.69) is 18.2 Å². The van der Waals surface area contributed by atoms with Gasteiger partial charge in [-0.15, -0.1) is 0 Å². The molecule has 2 rings (SSSR count). The minimum absolute atomic E-state index is 0.381. The summed E-state index contributed by atoms with van der Waals surface area (Å²) in [7, 11) is 1.73. The molecule has 0 aromatic carbocycles. The summed E-state index contributed by atoms with van der Waals surface area (Å²) in [4.78, 5) is 0. The van der Waals surface area contributed by atoms with E-state index in [4.69, 9.17) is 9.47 Å². The molecule has 2 unspecified atom stereocenters. The topological polar surface area (TPSA) is 21.8 Å². The number of epoxide rings is 1. The fourth-order valence-corrected chi connectivity index (χ4v) is 1.30. The van der Waals surface area contributed by atoms with Gasteiger partial charge in [0.1, 0.15) is 12.2 Å². The van der Waals surface area contributed by atoms with Crippen LogP contribution in [0.2, 0.25) is 0 Å². The summed E-state index contributed by atoms with van der Waals surface area (Å²) in [6.07, 6.45) is 8.21. The molecule has 1 saturated heterocycles. The fraction of sp³-hybridized carbons (Fsp3) is 0.556. The minimum atomic E-state index is 0.381. The summed E-state index contributed by atoms with van der Waals surface area (Å²) in [5.41, 5.74) is 1.34. The molecule has 2 nitrogen and oxygen atoms in total. The predicted octanol–water partition coefficient (Wildman–Crippen LogP) is 1.29. The molecule has 2 atom stereocenters. The Hall–Kier alpha value is -0.600. The van der Waals surface area contributed by atoms with Gasteiger partial charge in [0.25, 0.3) is 0 Å². The van der Waals surface area contributed by atoms with Crippen molar-refractivity contribution in [3.8, 4) is 0 Å². The highest BCUT2D eigenvalue weighted by Gasteiger charge is 2.36. The summed E-state index contributed by atoms with van der Waals surface area (Å²) in [6.45, 7) is 0.799. The lowest BCUT2D eigenvalue weighted by atomic mass is 10.1. The molecular formula is C9H12O2. The van der Waals surface area contributed by atoms with Crippen molar-refractivity contribution in [3.05, 3.63) is 23.8 Å². The lowest BCUT2D eigenvalue weighted by molar-refractivity contribution is 0.202. The van der Waals surface area contributed by atoms with Crippen LogP contribution in [-0.2, 0) is 9.47 Å². The molecule has 0 amide bonds. The van der Waals surface area contributed by atoms with Crippen LogP contribution in [0.1, 0.15) is 6.42 Å². The maximum Gasteiger partial charge on any atom is 0.107 e. The van der Waals surface area contributed by atoms with E-state index in [9.17, 15) is 0 Å². The Kier molecular flexibility index (Phi) is 1.80. The zero-order valence-corrected chi connectivity index (χ0v) is 6.62. The van der Waals surface area contributed by atoms with Crippen LogP contribution in [0.4, 0.5) is 0 Å². The van der Waals surface area contributed by atoms with Gasteiger partial charge in [-0.3, -0.25) is 0 Å². The van der Waals surface area contributed by atoms with Gasteiger partial charge in [0, 0.05) is 7.11 Å². The number of allylic oxidation sites excluding steroid dienone is 1. The number of methoxy groups -OCH3 is 1. The highest BCUT2D eigenvalue weighted by atomic mass is 16.6. The van der Waals surface area contributed by atoms with Crippen LogP contribution in [-0.4, -0.2) is 25.9 Å². The summed E-state index contributed by atoms with van der Waals surface area (Å²) >= 11 is 0. The Labute approximate surface area is 66.5 Å². The molecule has 0 N–H and O–H groups in total. The molecule has 0 aromatic heterocycles. The Bertz CT molecular complexity index is 206. The van der Waals surface area contributed by atoms with Crippen molar-refractivity contribution in [2.45, 2.75) is 18.6 Å². The van der Waals surface area contributed by atoms with Crippen molar-refractivity contribution < 1.29 is 9.47 Å². The monoisotopic (exact) mass is 152 g/mol. The van der Waals surface area contributed by atoms with Crippen molar-refractivity contribution in [2.24, 2.45) is 0 Å². The third kappa shape index (κ3) is 1.52. The largest absolute Gasteiger partial charge is 0.384 e. The highest BCUT2D eigenvalue weighted by Crippen LogP contribution is 2.30. The molecule has 0 aromatic rings. The van der Waals surface area contributed by atoms with Crippen LogP contribution in [0.25, 0.3) is 0 Å². The van der Waals surface area contributed by atoms with Crippen molar-refractivity contribution in [1.82, 2.24) is 0 Å². The molecule has 1 aliphatic heterocycles. The maximum atomic E-state index is 5.28. The number of hydrogen-bond donors (Lipinski definition) is 0. The summed E-state index contributed by atoms with van der Waals surface area (Å²) in [6, 6.07) is 0. The van der Waals surface area contributed by atoms with Crippen LogP contribution < -0.4 is 0 Å². The lowest BCUT2D eigenvalue weighted by Gasteiger charge is -2.02. The van der Waals surface area contributed by atoms with E-state index in [0.717, 1.165) is 13.0 Å². The number of ether oxygens (including phenoxy) is 2. The van der Waals surface area contributed by atoms with Gasteiger partial charge in [-0.2, -0.15) is 0 Å². The lowest BCUT2D eigenvalue weighted by Crippen LogP contribution is -1.97. The standard InChI is InChI=1S/C9H12O2/c1-10-5-4-7-2-3-8-9(6-7)11-8/h2-3,6,8-9H,4-5H2,1H3. The normalized spacial score (nSPS) is 33.0. The maximum absolute atomic E-state index is 5.28. The number of hydrogen-bond acceptors (Lipinski definition) is 2. The van der Waals surface area contributed by atoms with Crippen LogP contribution in [0.3, 0.4) is 0 Å². The van der Waals surface area contributed by atoms with Crippen molar-refractivity contribution in [1.29, 1.82) is 0 Å². The minimum Gasteiger partial charge on any atom is -0.384 e. The molecule has 1 aliphatic carbocycles. The van der Waals surface area contributed by atoms with E-state index in [1.54, 1.807) is 7.11 Å². The highest BCUT2D eigenvalue weighted by molar-refractivity contribution is 5.31. The van der Waals surface area contributed by atoms with E-state index in [1.165, 1.54) is 5.57 Å². The Balaban J connectivity index is 1.88. The van der Waals surface area contributed by atoms with E-state index < -0.39 is 0 Å². The Morgan fingerprint density at radius 2 is 2.45 bits per heavy atom. The van der Waals surface area contributed by atoms with Gasteiger partial charge < -0.3 is 9.47 Å².